The van der Waals surface area contributed by atoms with Crippen LogP contribution in [0.4, 0.5) is 0 Å². The Morgan fingerprint density at radius 1 is 0.833 bits per heavy atom. The molecule has 1 saturated carbocycles. The molecule has 0 bridgehead atoms. The number of benzene rings is 1. The van der Waals surface area contributed by atoms with Crippen molar-refractivity contribution in [3.05, 3.63) is 42.0 Å². The SMILES string of the molecule is CCCCCCCC1CCC(C#C/C=C/C#Cc2ccc(OCCCC)cc2)CC1. The molecule has 1 aromatic rings. The molecular formula is C29H40O. The summed E-state index contributed by atoms with van der Waals surface area (Å²) >= 11 is 0. The Hall–Kier alpha value is -2.12. The molecule has 1 fully saturated rings. The zero-order valence-electron chi connectivity index (χ0n) is 19.2. The van der Waals surface area contributed by atoms with Gasteiger partial charge in [-0.05, 0) is 74.4 Å². The van der Waals surface area contributed by atoms with E-state index in [1.54, 1.807) is 0 Å². The Morgan fingerprint density at radius 3 is 2.27 bits per heavy atom. The first-order valence-electron chi connectivity index (χ1n) is 12.2. The maximum absolute atomic E-state index is 5.68. The molecule has 0 atom stereocenters. The Labute approximate surface area is 185 Å². The Bertz CT molecular complexity index is 712. The van der Waals surface area contributed by atoms with E-state index >= 15 is 0 Å². The fourth-order valence-electron chi connectivity index (χ4n) is 3.98. The van der Waals surface area contributed by atoms with Gasteiger partial charge >= 0.3 is 0 Å². The third-order valence-corrected chi connectivity index (χ3v) is 5.94. The number of hydrogen-bond acceptors (Lipinski definition) is 1. The van der Waals surface area contributed by atoms with E-state index in [0.717, 1.165) is 36.7 Å². The average Bonchev–Trinajstić information content (AvgIpc) is 2.78. The standard InChI is InChI=1S/C29H40O/c1-3-5-7-8-11-14-26-17-19-27(20-18-26)15-12-9-10-13-16-28-21-23-29(24-22-28)30-25-6-4-2/h9-10,21-24,26-27H,3-8,11,14,17-20,25H2,1-2H3/b10-9+. The molecule has 162 valence electrons. The van der Waals surface area contributed by atoms with Gasteiger partial charge in [-0.25, -0.2) is 0 Å². The minimum Gasteiger partial charge on any atom is -0.494 e. The molecule has 0 spiro atoms. The van der Waals surface area contributed by atoms with Crippen molar-refractivity contribution in [3.8, 4) is 29.4 Å². The first-order valence-corrected chi connectivity index (χ1v) is 12.2. The lowest BCUT2D eigenvalue weighted by atomic mass is 9.80. The molecule has 0 radical (unpaired) electrons. The van der Waals surface area contributed by atoms with Crippen molar-refractivity contribution >= 4 is 0 Å². The molecule has 2 rings (SSSR count). The van der Waals surface area contributed by atoms with Crippen molar-refractivity contribution in [2.24, 2.45) is 11.8 Å². The zero-order valence-corrected chi connectivity index (χ0v) is 19.2. The van der Waals surface area contributed by atoms with Crippen LogP contribution in [0.1, 0.15) is 96.5 Å². The molecule has 0 N–H and O–H groups in total. The van der Waals surface area contributed by atoms with Crippen LogP contribution in [0, 0.1) is 35.5 Å². The van der Waals surface area contributed by atoms with Crippen LogP contribution in [0.15, 0.2) is 36.4 Å². The summed E-state index contributed by atoms with van der Waals surface area (Å²) in [5.74, 6) is 15.3. The lowest BCUT2D eigenvalue weighted by Gasteiger charge is -2.25. The van der Waals surface area contributed by atoms with E-state index in [1.165, 1.54) is 64.2 Å². The van der Waals surface area contributed by atoms with Crippen LogP contribution in [0.2, 0.25) is 0 Å². The predicted octanol–water partition coefficient (Wildman–Crippen LogP) is 7.94. The zero-order chi connectivity index (χ0) is 21.3. The highest BCUT2D eigenvalue weighted by molar-refractivity contribution is 5.40. The largest absolute Gasteiger partial charge is 0.494 e. The fraction of sp³-hybridized carbons (Fsp3) is 0.586. The molecule has 1 aliphatic carbocycles. The summed E-state index contributed by atoms with van der Waals surface area (Å²) in [7, 11) is 0. The van der Waals surface area contributed by atoms with Crippen LogP contribution >= 0.6 is 0 Å². The third kappa shape index (κ3) is 10.6. The van der Waals surface area contributed by atoms with E-state index in [4.69, 9.17) is 4.74 Å². The second-order valence-corrected chi connectivity index (χ2v) is 8.54. The molecule has 0 heterocycles. The first-order chi connectivity index (χ1) is 14.8. The fourth-order valence-corrected chi connectivity index (χ4v) is 3.98. The highest BCUT2D eigenvalue weighted by Crippen LogP contribution is 2.31. The quantitative estimate of drug-likeness (QED) is 0.284. The summed E-state index contributed by atoms with van der Waals surface area (Å²) in [6.07, 6.45) is 19.8. The van der Waals surface area contributed by atoms with E-state index in [-0.39, 0.29) is 0 Å². The second-order valence-electron chi connectivity index (χ2n) is 8.54. The number of hydrogen-bond donors (Lipinski definition) is 0. The van der Waals surface area contributed by atoms with E-state index in [1.807, 2.05) is 36.4 Å². The lowest BCUT2D eigenvalue weighted by molar-refractivity contribution is 0.294. The molecule has 0 aliphatic heterocycles. The van der Waals surface area contributed by atoms with Crippen LogP contribution in [-0.2, 0) is 0 Å². The van der Waals surface area contributed by atoms with Gasteiger partial charge in [0.15, 0.2) is 0 Å². The van der Waals surface area contributed by atoms with E-state index in [9.17, 15) is 0 Å². The molecule has 0 amide bonds. The van der Waals surface area contributed by atoms with Crippen LogP contribution < -0.4 is 4.74 Å². The Morgan fingerprint density at radius 2 is 1.53 bits per heavy atom. The van der Waals surface area contributed by atoms with Crippen molar-refractivity contribution < 1.29 is 4.74 Å². The maximum Gasteiger partial charge on any atom is 0.119 e. The van der Waals surface area contributed by atoms with Crippen molar-refractivity contribution in [3.63, 3.8) is 0 Å². The normalized spacial score (nSPS) is 18.3. The lowest BCUT2D eigenvalue weighted by Crippen LogP contribution is -2.13. The number of ether oxygens (including phenoxy) is 1. The summed E-state index contributed by atoms with van der Waals surface area (Å²) in [5.41, 5.74) is 1.00. The van der Waals surface area contributed by atoms with Gasteiger partial charge in [0.1, 0.15) is 5.75 Å². The van der Waals surface area contributed by atoms with Gasteiger partial charge in [0.2, 0.25) is 0 Å². The summed E-state index contributed by atoms with van der Waals surface area (Å²) in [6, 6.07) is 8.00. The Kier molecular flexibility index (Phi) is 12.6. The number of unbranched alkanes of at least 4 members (excludes halogenated alkanes) is 5. The molecule has 0 unspecified atom stereocenters. The molecule has 0 aromatic heterocycles. The number of allylic oxidation sites excluding steroid dienone is 2. The van der Waals surface area contributed by atoms with Crippen molar-refractivity contribution in [2.45, 2.75) is 90.9 Å². The van der Waals surface area contributed by atoms with E-state index in [0.29, 0.717) is 5.92 Å². The molecule has 0 saturated heterocycles. The highest BCUT2D eigenvalue weighted by Gasteiger charge is 2.19. The topological polar surface area (TPSA) is 9.23 Å². The summed E-state index contributed by atoms with van der Waals surface area (Å²) in [6.45, 7) is 5.24. The van der Waals surface area contributed by atoms with Crippen LogP contribution in [0.3, 0.4) is 0 Å². The van der Waals surface area contributed by atoms with Gasteiger partial charge in [0, 0.05) is 11.5 Å². The molecule has 30 heavy (non-hydrogen) atoms. The van der Waals surface area contributed by atoms with Gasteiger partial charge < -0.3 is 4.74 Å². The average molecular weight is 405 g/mol. The second kappa shape index (κ2) is 15.7. The van der Waals surface area contributed by atoms with E-state index in [2.05, 4.69) is 37.5 Å². The van der Waals surface area contributed by atoms with Crippen LogP contribution in [-0.4, -0.2) is 6.61 Å². The number of rotatable bonds is 10. The molecular weight excluding hydrogens is 364 g/mol. The van der Waals surface area contributed by atoms with Crippen LogP contribution in [0.5, 0.6) is 5.75 Å². The molecule has 1 nitrogen and oxygen atoms in total. The van der Waals surface area contributed by atoms with Crippen molar-refractivity contribution in [2.75, 3.05) is 6.61 Å². The molecule has 1 aromatic carbocycles. The smallest absolute Gasteiger partial charge is 0.119 e. The van der Waals surface area contributed by atoms with Gasteiger partial charge in [-0.2, -0.15) is 0 Å². The summed E-state index contributed by atoms with van der Waals surface area (Å²) < 4.78 is 5.68. The summed E-state index contributed by atoms with van der Waals surface area (Å²) in [4.78, 5) is 0. The van der Waals surface area contributed by atoms with Gasteiger partial charge in [-0.15, -0.1) is 0 Å². The van der Waals surface area contributed by atoms with Gasteiger partial charge in [-0.3, -0.25) is 0 Å². The summed E-state index contributed by atoms with van der Waals surface area (Å²) in [5, 5.41) is 0. The minimum absolute atomic E-state index is 0.583. The maximum atomic E-state index is 5.68. The molecule has 1 heteroatoms. The van der Waals surface area contributed by atoms with E-state index < -0.39 is 0 Å². The Balaban J connectivity index is 1.63. The van der Waals surface area contributed by atoms with Crippen molar-refractivity contribution in [1.82, 2.24) is 0 Å². The third-order valence-electron chi connectivity index (χ3n) is 5.94. The van der Waals surface area contributed by atoms with Crippen molar-refractivity contribution in [1.29, 1.82) is 0 Å². The van der Waals surface area contributed by atoms with Crippen LogP contribution in [0.25, 0.3) is 0 Å². The molecule has 1 aliphatic rings. The minimum atomic E-state index is 0.583. The predicted molar refractivity (Wildman–Crippen MR) is 129 cm³/mol. The first kappa shape index (κ1) is 24.2. The van der Waals surface area contributed by atoms with Gasteiger partial charge in [0.25, 0.3) is 0 Å². The van der Waals surface area contributed by atoms with Gasteiger partial charge in [0.05, 0.1) is 6.61 Å². The van der Waals surface area contributed by atoms with Gasteiger partial charge in [-0.1, -0.05) is 82.5 Å². The monoisotopic (exact) mass is 404 g/mol. The highest BCUT2D eigenvalue weighted by atomic mass is 16.5.